The molecule has 0 spiro atoms. The number of fused-ring (bicyclic) bond motifs is 1. The van der Waals surface area contributed by atoms with Crippen molar-refractivity contribution in [2.24, 2.45) is 17.8 Å². The molecule has 1 amide bonds. The smallest absolute Gasteiger partial charge is 0.226 e. The summed E-state index contributed by atoms with van der Waals surface area (Å²) in [5.74, 6) is 1.95. The fourth-order valence-corrected chi connectivity index (χ4v) is 3.61. The van der Waals surface area contributed by atoms with Crippen molar-refractivity contribution in [3.63, 3.8) is 0 Å². The van der Waals surface area contributed by atoms with Gasteiger partial charge in [-0.05, 0) is 24.1 Å². The number of carbonyl (C=O) groups excluding carboxylic acids is 1. The molecule has 2 saturated heterocycles. The van der Waals surface area contributed by atoms with Gasteiger partial charge in [0.2, 0.25) is 11.9 Å². The van der Waals surface area contributed by atoms with Gasteiger partial charge < -0.3 is 19.4 Å². The molecule has 7 heteroatoms. The van der Waals surface area contributed by atoms with Gasteiger partial charge in [-0.3, -0.25) is 4.79 Å². The lowest BCUT2D eigenvalue weighted by Gasteiger charge is -2.31. The van der Waals surface area contributed by atoms with Gasteiger partial charge in [-0.25, -0.2) is 9.97 Å². The van der Waals surface area contributed by atoms with E-state index in [-0.39, 0.29) is 17.7 Å². The molecule has 0 bridgehead atoms. The van der Waals surface area contributed by atoms with Crippen molar-refractivity contribution in [3.8, 4) is 0 Å². The van der Waals surface area contributed by atoms with Crippen LogP contribution in [-0.2, 0) is 16.1 Å². The van der Waals surface area contributed by atoms with Gasteiger partial charge in [0, 0.05) is 31.4 Å². The van der Waals surface area contributed by atoms with Crippen LogP contribution in [0.2, 0.25) is 0 Å². The first kappa shape index (κ1) is 15.1. The van der Waals surface area contributed by atoms with Gasteiger partial charge in [0.25, 0.3) is 0 Å². The first-order chi connectivity index (χ1) is 11.8. The lowest BCUT2D eigenvalue weighted by molar-refractivity contribution is -0.133. The quantitative estimate of drug-likeness (QED) is 0.905. The molecule has 1 N–H and O–H groups in total. The molecule has 0 aromatic carbocycles. The molecule has 2 aliphatic rings. The molecule has 4 heterocycles. The van der Waals surface area contributed by atoms with Crippen LogP contribution >= 0.6 is 0 Å². The van der Waals surface area contributed by atoms with Crippen molar-refractivity contribution < 1.29 is 13.9 Å². The van der Waals surface area contributed by atoms with E-state index in [0.29, 0.717) is 25.7 Å². The number of anilines is 1. The van der Waals surface area contributed by atoms with E-state index in [4.69, 9.17) is 9.15 Å². The van der Waals surface area contributed by atoms with Crippen LogP contribution in [0, 0.1) is 17.8 Å². The standard InChI is InChI=1S/C17H20N4O3/c22-16(20-7-13-3-1-6-24-13)15-11-23-10-12-8-21(9-14(12)15)17-18-4-2-5-19-17/h1-6,12,14-15H,7-11H2,(H,20,22)/t12-,14-,15+/m0/s1. The third kappa shape index (κ3) is 2.99. The number of aromatic nitrogens is 2. The summed E-state index contributed by atoms with van der Waals surface area (Å²) in [5, 5.41) is 2.96. The lowest BCUT2D eigenvalue weighted by atomic mass is 9.82. The Kier molecular flexibility index (Phi) is 4.17. The van der Waals surface area contributed by atoms with Crippen LogP contribution in [-0.4, -0.2) is 42.2 Å². The first-order valence-electron chi connectivity index (χ1n) is 8.21. The lowest BCUT2D eigenvalue weighted by Crippen LogP contribution is -2.44. The van der Waals surface area contributed by atoms with Gasteiger partial charge in [-0.2, -0.15) is 0 Å². The second kappa shape index (κ2) is 6.60. The molecule has 2 aromatic rings. The van der Waals surface area contributed by atoms with E-state index in [1.807, 2.05) is 12.1 Å². The zero-order chi connectivity index (χ0) is 16.4. The molecule has 2 fully saturated rings. The molecule has 2 aromatic heterocycles. The van der Waals surface area contributed by atoms with E-state index in [2.05, 4.69) is 20.2 Å². The Hall–Kier alpha value is -2.41. The third-order valence-electron chi connectivity index (χ3n) is 4.83. The summed E-state index contributed by atoms with van der Waals surface area (Å²) in [7, 11) is 0. The molecule has 7 nitrogen and oxygen atoms in total. The number of ether oxygens (including phenoxy) is 1. The molecule has 0 radical (unpaired) electrons. The fraction of sp³-hybridized carbons (Fsp3) is 0.471. The second-order valence-corrected chi connectivity index (χ2v) is 6.32. The highest BCUT2D eigenvalue weighted by Gasteiger charge is 2.44. The van der Waals surface area contributed by atoms with Crippen molar-refractivity contribution in [1.29, 1.82) is 0 Å². The summed E-state index contributed by atoms with van der Waals surface area (Å²) in [5.41, 5.74) is 0. The summed E-state index contributed by atoms with van der Waals surface area (Å²) in [6, 6.07) is 5.47. The summed E-state index contributed by atoms with van der Waals surface area (Å²) in [6.07, 6.45) is 5.10. The Balaban J connectivity index is 1.42. The Morgan fingerprint density at radius 1 is 1.25 bits per heavy atom. The third-order valence-corrected chi connectivity index (χ3v) is 4.83. The molecule has 3 atom stereocenters. The van der Waals surface area contributed by atoms with Gasteiger partial charge in [0.05, 0.1) is 31.9 Å². The minimum Gasteiger partial charge on any atom is -0.467 e. The van der Waals surface area contributed by atoms with Crippen LogP contribution in [0.3, 0.4) is 0 Å². The van der Waals surface area contributed by atoms with Crippen LogP contribution in [0.1, 0.15) is 5.76 Å². The van der Waals surface area contributed by atoms with Crippen LogP contribution in [0.4, 0.5) is 5.95 Å². The number of furan rings is 1. The number of amides is 1. The number of hydrogen-bond acceptors (Lipinski definition) is 6. The Bertz CT molecular complexity index is 676. The summed E-state index contributed by atoms with van der Waals surface area (Å²) < 4.78 is 10.9. The second-order valence-electron chi connectivity index (χ2n) is 6.32. The number of rotatable bonds is 4. The summed E-state index contributed by atoms with van der Waals surface area (Å²) in [4.78, 5) is 23.4. The zero-order valence-corrected chi connectivity index (χ0v) is 13.3. The van der Waals surface area contributed by atoms with E-state index in [1.54, 1.807) is 24.7 Å². The fourth-order valence-electron chi connectivity index (χ4n) is 3.61. The van der Waals surface area contributed by atoms with Crippen molar-refractivity contribution in [3.05, 3.63) is 42.6 Å². The first-order valence-corrected chi connectivity index (χ1v) is 8.21. The number of hydrogen-bond donors (Lipinski definition) is 1. The van der Waals surface area contributed by atoms with Gasteiger partial charge in [0.1, 0.15) is 5.76 Å². The van der Waals surface area contributed by atoms with E-state index in [9.17, 15) is 4.79 Å². The summed E-state index contributed by atoms with van der Waals surface area (Å²) in [6.45, 7) is 3.18. The number of nitrogens with one attached hydrogen (secondary N) is 1. The highest BCUT2D eigenvalue weighted by Crippen LogP contribution is 2.35. The van der Waals surface area contributed by atoms with E-state index in [1.165, 1.54) is 0 Å². The van der Waals surface area contributed by atoms with Crippen LogP contribution in [0.25, 0.3) is 0 Å². The average molecular weight is 328 g/mol. The Labute approximate surface area is 140 Å². The highest BCUT2D eigenvalue weighted by atomic mass is 16.5. The predicted molar refractivity (Wildman–Crippen MR) is 86.1 cm³/mol. The van der Waals surface area contributed by atoms with Crippen molar-refractivity contribution in [2.45, 2.75) is 6.54 Å². The van der Waals surface area contributed by atoms with E-state index >= 15 is 0 Å². The molecule has 24 heavy (non-hydrogen) atoms. The maximum atomic E-state index is 12.6. The predicted octanol–water partition coefficient (Wildman–Crippen LogP) is 1.08. The van der Waals surface area contributed by atoms with Crippen molar-refractivity contribution >= 4 is 11.9 Å². The van der Waals surface area contributed by atoms with Gasteiger partial charge in [-0.1, -0.05) is 0 Å². The van der Waals surface area contributed by atoms with Gasteiger partial charge >= 0.3 is 0 Å². The van der Waals surface area contributed by atoms with Gasteiger partial charge in [-0.15, -0.1) is 0 Å². The van der Waals surface area contributed by atoms with Crippen LogP contribution < -0.4 is 10.2 Å². The Morgan fingerprint density at radius 2 is 2.12 bits per heavy atom. The minimum absolute atomic E-state index is 0.0249. The monoisotopic (exact) mass is 328 g/mol. The van der Waals surface area contributed by atoms with E-state index < -0.39 is 0 Å². The van der Waals surface area contributed by atoms with Crippen LogP contribution in [0.5, 0.6) is 0 Å². The maximum absolute atomic E-state index is 12.6. The molecule has 0 aliphatic carbocycles. The molecule has 2 aliphatic heterocycles. The molecule has 126 valence electrons. The molecule has 0 saturated carbocycles. The van der Waals surface area contributed by atoms with E-state index in [0.717, 1.165) is 24.8 Å². The number of carbonyl (C=O) groups is 1. The largest absolute Gasteiger partial charge is 0.467 e. The molecule has 4 rings (SSSR count). The summed E-state index contributed by atoms with van der Waals surface area (Å²) >= 11 is 0. The number of nitrogens with zero attached hydrogens (tertiary/aromatic N) is 3. The zero-order valence-electron chi connectivity index (χ0n) is 13.3. The highest BCUT2D eigenvalue weighted by molar-refractivity contribution is 5.79. The van der Waals surface area contributed by atoms with Crippen molar-refractivity contribution in [1.82, 2.24) is 15.3 Å². The topological polar surface area (TPSA) is 80.5 Å². The molecular weight excluding hydrogens is 308 g/mol. The Morgan fingerprint density at radius 3 is 2.92 bits per heavy atom. The maximum Gasteiger partial charge on any atom is 0.226 e. The minimum atomic E-state index is -0.146. The van der Waals surface area contributed by atoms with Crippen molar-refractivity contribution in [2.75, 3.05) is 31.2 Å². The van der Waals surface area contributed by atoms with Crippen LogP contribution in [0.15, 0.2) is 41.3 Å². The SMILES string of the molecule is O=C(NCc1ccco1)[C@@H]1COC[C@@H]2CN(c3ncccn3)C[C@@H]21. The van der Waals surface area contributed by atoms with Gasteiger partial charge in [0.15, 0.2) is 0 Å². The average Bonchev–Trinajstić information content (AvgIpc) is 3.29. The molecular formula is C17H20N4O3. The normalized spacial score (nSPS) is 26.2. The molecule has 0 unspecified atom stereocenters.